The maximum atomic E-state index is 12.8. The van der Waals surface area contributed by atoms with Crippen molar-refractivity contribution in [2.75, 3.05) is 5.32 Å². The molecule has 0 aliphatic carbocycles. The number of pyridine rings is 1. The fourth-order valence-corrected chi connectivity index (χ4v) is 2.97. The summed E-state index contributed by atoms with van der Waals surface area (Å²) in [6.07, 6.45) is 1.62. The van der Waals surface area contributed by atoms with Gasteiger partial charge in [0.25, 0.3) is 5.91 Å². The van der Waals surface area contributed by atoms with Crippen LogP contribution >= 0.6 is 0 Å². The lowest BCUT2D eigenvalue weighted by molar-refractivity contribution is -0.114. The molecule has 6 nitrogen and oxygen atoms in total. The molecule has 2 N–H and O–H groups in total. The molecular formula is C24H25N3O3. The zero-order chi connectivity index (χ0) is 21.5. The Bertz CT molecular complexity index is 1030. The van der Waals surface area contributed by atoms with Crippen LogP contribution in [0, 0.1) is 0 Å². The Kier molecular flexibility index (Phi) is 6.80. The van der Waals surface area contributed by atoms with Gasteiger partial charge in [0, 0.05) is 19.7 Å². The number of aromatic nitrogens is 1. The molecule has 0 unspecified atom stereocenters. The molecule has 0 atom stereocenters. The normalized spacial score (nSPS) is 10.5. The van der Waals surface area contributed by atoms with E-state index in [2.05, 4.69) is 29.5 Å². The number of ether oxygens (including phenoxy) is 1. The van der Waals surface area contributed by atoms with E-state index >= 15 is 0 Å². The minimum Gasteiger partial charge on any atom is -0.456 e. The number of amides is 2. The van der Waals surface area contributed by atoms with E-state index in [1.807, 2.05) is 30.3 Å². The average Bonchev–Trinajstić information content (AvgIpc) is 2.73. The largest absolute Gasteiger partial charge is 0.456 e. The number of para-hydroxylation sites is 2. The van der Waals surface area contributed by atoms with Crippen LogP contribution in [0.1, 0.15) is 48.2 Å². The minimum atomic E-state index is -0.237. The summed E-state index contributed by atoms with van der Waals surface area (Å²) in [6.45, 7) is 5.94. The third kappa shape index (κ3) is 5.44. The van der Waals surface area contributed by atoms with E-state index in [1.165, 1.54) is 6.92 Å². The number of hydrogen-bond donors (Lipinski definition) is 2. The molecule has 1 heterocycles. The lowest BCUT2D eigenvalue weighted by Gasteiger charge is -2.16. The van der Waals surface area contributed by atoms with Crippen LogP contribution in [0.4, 0.5) is 5.82 Å². The highest BCUT2D eigenvalue weighted by molar-refractivity contribution is 5.97. The number of nitrogens with one attached hydrogen (secondary N) is 2. The molecule has 0 aliphatic heterocycles. The third-order valence-corrected chi connectivity index (χ3v) is 4.47. The molecule has 30 heavy (non-hydrogen) atoms. The van der Waals surface area contributed by atoms with E-state index in [0.717, 1.165) is 16.9 Å². The van der Waals surface area contributed by atoms with Gasteiger partial charge in [-0.15, -0.1) is 0 Å². The Morgan fingerprint density at radius 2 is 1.67 bits per heavy atom. The van der Waals surface area contributed by atoms with Crippen molar-refractivity contribution in [1.82, 2.24) is 10.3 Å². The van der Waals surface area contributed by atoms with E-state index in [0.29, 0.717) is 29.6 Å². The fourth-order valence-electron chi connectivity index (χ4n) is 2.97. The summed E-state index contributed by atoms with van der Waals surface area (Å²) in [4.78, 5) is 28.0. The van der Waals surface area contributed by atoms with Crippen LogP contribution in [-0.4, -0.2) is 16.8 Å². The molecule has 0 radical (unpaired) electrons. The van der Waals surface area contributed by atoms with Crippen LogP contribution in [0.5, 0.6) is 11.5 Å². The Morgan fingerprint density at radius 1 is 0.967 bits per heavy atom. The molecule has 0 saturated heterocycles. The zero-order valence-electron chi connectivity index (χ0n) is 17.3. The van der Waals surface area contributed by atoms with Crippen LogP contribution < -0.4 is 15.4 Å². The molecule has 2 amide bonds. The van der Waals surface area contributed by atoms with E-state index in [1.54, 1.807) is 36.5 Å². The van der Waals surface area contributed by atoms with Crippen molar-refractivity contribution in [2.45, 2.75) is 33.2 Å². The number of carbonyl (C=O) groups excluding carboxylic acids is 2. The number of nitrogens with zero attached hydrogens (tertiary/aromatic N) is 1. The van der Waals surface area contributed by atoms with Crippen LogP contribution in [0.3, 0.4) is 0 Å². The van der Waals surface area contributed by atoms with E-state index in [-0.39, 0.29) is 11.8 Å². The first-order chi connectivity index (χ1) is 14.4. The van der Waals surface area contributed by atoms with Crippen molar-refractivity contribution in [3.8, 4) is 11.5 Å². The zero-order valence-corrected chi connectivity index (χ0v) is 17.3. The van der Waals surface area contributed by atoms with Crippen LogP contribution in [0.25, 0.3) is 0 Å². The molecule has 154 valence electrons. The second-order valence-electron chi connectivity index (χ2n) is 7.21. The number of anilines is 1. The number of carbonyl (C=O) groups is 2. The second-order valence-corrected chi connectivity index (χ2v) is 7.21. The lowest BCUT2D eigenvalue weighted by Crippen LogP contribution is -2.23. The molecule has 6 heteroatoms. The summed E-state index contributed by atoms with van der Waals surface area (Å²) in [5.41, 5.74) is 2.36. The molecule has 0 spiro atoms. The van der Waals surface area contributed by atoms with Gasteiger partial charge in [0.05, 0.1) is 5.56 Å². The maximum absolute atomic E-state index is 12.8. The number of benzene rings is 2. The molecule has 0 aliphatic rings. The quantitative estimate of drug-likeness (QED) is 0.589. The summed E-state index contributed by atoms with van der Waals surface area (Å²) in [5, 5.41) is 5.50. The van der Waals surface area contributed by atoms with Crippen molar-refractivity contribution in [3.05, 3.63) is 83.6 Å². The van der Waals surface area contributed by atoms with Crippen molar-refractivity contribution < 1.29 is 14.3 Å². The Hall–Kier alpha value is -3.67. The molecule has 3 aromatic rings. The van der Waals surface area contributed by atoms with Crippen LogP contribution in [0.2, 0.25) is 0 Å². The molecular weight excluding hydrogens is 378 g/mol. The highest BCUT2D eigenvalue weighted by atomic mass is 16.5. The maximum Gasteiger partial charge on any atom is 0.255 e. The van der Waals surface area contributed by atoms with Crippen LogP contribution in [0.15, 0.2) is 66.9 Å². The molecule has 1 aromatic heterocycles. The van der Waals surface area contributed by atoms with Crippen molar-refractivity contribution in [3.63, 3.8) is 0 Å². The average molecular weight is 403 g/mol. The standard InChI is InChI=1S/C24H25N3O3/c1-16(2)19-8-4-6-10-21(19)30-22-11-7-5-9-20(22)24(29)26-15-18-12-13-23(25-14-18)27-17(3)28/h4-14,16H,15H2,1-3H3,(H,26,29)(H,25,27,28). The van der Waals surface area contributed by atoms with E-state index in [4.69, 9.17) is 4.74 Å². The summed E-state index contributed by atoms with van der Waals surface area (Å²) in [5.74, 6) is 1.60. The van der Waals surface area contributed by atoms with Gasteiger partial charge in [-0.25, -0.2) is 4.98 Å². The van der Waals surface area contributed by atoms with E-state index < -0.39 is 0 Å². The Balaban J connectivity index is 1.71. The molecule has 3 rings (SSSR count). The summed E-state index contributed by atoms with van der Waals surface area (Å²) in [6, 6.07) is 18.5. The van der Waals surface area contributed by atoms with Crippen molar-refractivity contribution in [2.24, 2.45) is 0 Å². The SMILES string of the molecule is CC(=O)Nc1ccc(CNC(=O)c2ccccc2Oc2ccccc2C(C)C)cn1. The van der Waals surface area contributed by atoms with Crippen LogP contribution in [-0.2, 0) is 11.3 Å². The summed E-state index contributed by atoms with van der Waals surface area (Å²) < 4.78 is 6.11. The van der Waals surface area contributed by atoms with Gasteiger partial charge in [-0.05, 0) is 41.3 Å². The van der Waals surface area contributed by atoms with Gasteiger partial charge < -0.3 is 15.4 Å². The molecule has 0 saturated carbocycles. The van der Waals surface area contributed by atoms with Gasteiger partial charge in [0.2, 0.25) is 5.91 Å². The van der Waals surface area contributed by atoms with Crippen molar-refractivity contribution in [1.29, 1.82) is 0 Å². The summed E-state index contributed by atoms with van der Waals surface area (Å²) in [7, 11) is 0. The van der Waals surface area contributed by atoms with E-state index in [9.17, 15) is 9.59 Å². The first-order valence-corrected chi connectivity index (χ1v) is 9.80. The number of rotatable bonds is 7. The molecule has 0 fully saturated rings. The third-order valence-electron chi connectivity index (χ3n) is 4.47. The van der Waals surface area contributed by atoms with Gasteiger partial charge in [-0.1, -0.05) is 50.2 Å². The fraction of sp³-hybridized carbons (Fsp3) is 0.208. The minimum absolute atomic E-state index is 0.181. The predicted molar refractivity (Wildman–Crippen MR) is 117 cm³/mol. The van der Waals surface area contributed by atoms with Gasteiger partial charge in [-0.2, -0.15) is 0 Å². The van der Waals surface area contributed by atoms with Gasteiger partial charge >= 0.3 is 0 Å². The van der Waals surface area contributed by atoms with Crippen molar-refractivity contribution >= 4 is 17.6 Å². The number of hydrogen-bond acceptors (Lipinski definition) is 4. The highest BCUT2D eigenvalue weighted by Crippen LogP contribution is 2.32. The molecule has 2 aromatic carbocycles. The van der Waals surface area contributed by atoms with Gasteiger partial charge in [0.15, 0.2) is 0 Å². The Morgan fingerprint density at radius 3 is 2.33 bits per heavy atom. The highest BCUT2D eigenvalue weighted by Gasteiger charge is 2.15. The lowest BCUT2D eigenvalue weighted by atomic mass is 10.0. The van der Waals surface area contributed by atoms with Gasteiger partial charge in [0.1, 0.15) is 17.3 Å². The second kappa shape index (κ2) is 9.69. The Labute approximate surface area is 176 Å². The first-order valence-electron chi connectivity index (χ1n) is 9.80. The van der Waals surface area contributed by atoms with Gasteiger partial charge in [-0.3, -0.25) is 9.59 Å². The monoisotopic (exact) mass is 403 g/mol. The molecule has 0 bridgehead atoms. The summed E-state index contributed by atoms with van der Waals surface area (Å²) >= 11 is 0. The topological polar surface area (TPSA) is 80.3 Å². The predicted octanol–water partition coefficient (Wildman–Crippen LogP) is 4.89. The first kappa shape index (κ1) is 21.0. The smallest absolute Gasteiger partial charge is 0.255 e.